The molecule has 1 aromatic heterocycles. The first-order valence-electron chi connectivity index (χ1n) is 8.35. The number of fused-ring (bicyclic) bond motifs is 1. The Balaban J connectivity index is 1.82. The first-order chi connectivity index (χ1) is 13.2. The second-order valence-electron chi connectivity index (χ2n) is 6.09. The van der Waals surface area contributed by atoms with E-state index in [4.69, 9.17) is 0 Å². The Bertz CT molecular complexity index is 1180. The first kappa shape index (κ1) is 20.8. The van der Waals surface area contributed by atoms with Crippen molar-refractivity contribution in [2.24, 2.45) is 0 Å². The number of aryl methyl sites for hydroxylation is 1. The van der Waals surface area contributed by atoms with Gasteiger partial charge in [0.15, 0.2) is 0 Å². The smallest absolute Gasteiger partial charge is 0.308 e. The number of benzene rings is 2. The topological polar surface area (TPSA) is 88.5 Å². The number of nitrogens with zero attached hydrogens (tertiary/aromatic N) is 2. The molecule has 1 N–H and O–H groups in total. The number of hydrogen-bond donors (Lipinski definition) is 1. The number of nitrogens with one attached hydrogen (secondary N) is 1. The van der Waals surface area contributed by atoms with Crippen LogP contribution in [-0.2, 0) is 21.4 Å². The molecule has 0 bridgehead atoms. The molecular weight excluding hydrogens is 513 g/mol. The highest BCUT2D eigenvalue weighted by Crippen LogP contribution is 2.23. The Morgan fingerprint density at radius 2 is 1.89 bits per heavy atom. The molecule has 0 atom stereocenters. The van der Waals surface area contributed by atoms with Gasteiger partial charge in [0.05, 0.1) is 22.2 Å². The lowest BCUT2D eigenvalue weighted by atomic mass is 10.3. The predicted molar refractivity (Wildman–Crippen MR) is 122 cm³/mol. The normalized spacial score (nSPS) is 11.5. The average molecular weight is 531 g/mol. The third-order valence-electron chi connectivity index (χ3n) is 4.07. The predicted octanol–water partition coefficient (Wildman–Crippen LogP) is 3.09. The van der Waals surface area contributed by atoms with Crippen molar-refractivity contribution in [3.05, 3.63) is 55.7 Å². The molecule has 0 aliphatic rings. The molecule has 0 aliphatic heterocycles. The van der Waals surface area contributed by atoms with E-state index in [1.165, 1.54) is 0 Å². The third kappa shape index (κ3) is 4.55. The number of amides is 1. The van der Waals surface area contributed by atoms with Crippen molar-refractivity contribution in [2.45, 2.75) is 13.5 Å². The quantitative estimate of drug-likeness (QED) is 0.496. The summed E-state index contributed by atoms with van der Waals surface area (Å²) in [6.07, 6.45) is 1.06. The van der Waals surface area contributed by atoms with E-state index in [0.717, 1.165) is 35.7 Å². The van der Waals surface area contributed by atoms with E-state index in [1.54, 1.807) is 47.0 Å². The summed E-state index contributed by atoms with van der Waals surface area (Å²) >= 11 is 3.23. The number of hydrogen-bond acceptors (Lipinski definition) is 5. The van der Waals surface area contributed by atoms with Gasteiger partial charge in [0.2, 0.25) is 15.9 Å². The molecule has 0 saturated heterocycles. The number of anilines is 2. The van der Waals surface area contributed by atoms with Crippen molar-refractivity contribution in [3.8, 4) is 0 Å². The van der Waals surface area contributed by atoms with Crippen molar-refractivity contribution in [1.82, 2.24) is 4.57 Å². The molecule has 0 fully saturated rings. The van der Waals surface area contributed by atoms with Crippen LogP contribution in [0.4, 0.5) is 11.4 Å². The minimum absolute atomic E-state index is 0.0528. The van der Waals surface area contributed by atoms with Crippen LogP contribution in [0, 0.1) is 3.57 Å². The molecule has 1 amide bonds. The maximum Gasteiger partial charge on any atom is 0.308 e. The molecule has 3 rings (SSSR count). The SMILES string of the molecule is CCn1c(=O)sc2cc(NC(=O)CN(c3ccc(I)cc3)S(C)(=O)=O)ccc21. The minimum atomic E-state index is -3.63. The third-order valence-corrected chi connectivity index (χ3v) is 6.87. The van der Waals surface area contributed by atoms with Gasteiger partial charge in [-0.15, -0.1) is 0 Å². The molecular formula is C18H18IN3O4S2. The van der Waals surface area contributed by atoms with Crippen LogP contribution in [-0.4, -0.2) is 31.7 Å². The van der Waals surface area contributed by atoms with Crippen molar-refractivity contribution in [2.75, 3.05) is 22.4 Å². The Morgan fingerprint density at radius 3 is 2.50 bits per heavy atom. The fourth-order valence-corrected chi connectivity index (χ4v) is 4.99. The number of rotatable bonds is 6. The largest absolute Gasteiger partial charge is 0.324 e. The molecule has 0 spiro atoms. The number of aromatic nitrogens is 1. The van der Waals surface area contributed by atoms with Crippen LogP contribution >= 0.6 is 33.9 Å². The molecule has 2 aromatic carbocycles. The zero-order valence-corrected chi connectivity index (χ0v) is 19.0. The summed E-state index contributed by atoms with van der Waals surface area (Å²) in [6, 6.07) is 12.1. The summed E-state index contributed by atoms with van der Waals surface area (Å²) in [5.74, 6) is -0.467. The van der Waals surface area contributed by atoms with Gasteiger partial charge < -0.3 is 5.32 Å². The van der Waals surface area contributed by atoms with Crippen LogP contribution in [0.2, 0.25) is 0 Å². The van der Waals surface area contributed by atoms with Gasteiger partial charge in [-0.3, -0.25) is 18.5 Å². The average Bonchev–Trinajstić information content (AvgIpc) is 2.94. The lowest BCUT2D eigenvalue weighted by molar-refractivity contribution is -0.114. The fourth-order valence-electron chi connectivity index (χ4n) is 2.78. The second-order valence-corrected chi connectivity index (χ2v) is 10.2. The lowest BCUT2D eigenvalue weighted by Gasteiger charge is -2.22. The number of sulfonamides is 1. The van der Waals surface area contributed by atoms with Gasteiger partial charge in [-0.1, -0.05) is 11.3 Å². The van der Waals surface area contributed by atoms with Gasteiger partial charge in [-0.05, 0) is 72.0 Å². The van der Waals surface area contributed by atoms with Crippen molar-refractivity contribution in [1.29, 1.82) is 0 Å². The van der Waals surface area contributed by atoms with E-state index >= 15 is 0 Å². The molecule has 10 heteroatoms. The van der Waals surface area contributed by atoms with Gasteiger partial charge in [-0.2, -0.15) is 0 Å². The summed E-state index contributed by atoms with van der Waals surface area (Å²) in [7, 11) is -3.63. The molecule has 3 aromatic rings. The monoisotopic (exact) mass is 531 g/mol. The highest BCUT2D eigenvalue weighted by atomic mass is 127. The zero-order valence-electron chi connectivity index (χ0n) is 15.2. The van der Waals surface area contributed by atoms with Gasteiger partial charge in [0.1, 0.15) is 6.54 Å². The zero-order chi connectivity index (χ0) is 20.5. The van der Waals surface area contributed by atoms with E-state index in [9.17, 15) is 18.0 Å². The molecule has 148 valence electrons. The maximum atomic E-state index is 12.5. The lowest BCUT2D eigenvalue weighted by Crippen LogP contribution is -2.37. The molecule has 1 heterocycles. The van der Waals surface area contributed by atoms with Gasteiger partial charge in [0.25, 0.3) is 0 Å². The summed E-state index contributed by atoms with van der Waals surface area (Å²) < 4.78 is 28.8. The van der Waals surface area contributed by atoms with Crippen LogP contribution in [0.25, 0.3) is 10.2 Å². The Kier molecular flexibility index (Phi) is 6.10. The van der Waals surface area contributed by atoms with Crippen LogP contribution in [0.15, 0.2) is 47.3 Å². The molecule has 0 saturated carbocycles. The van der Waals surface area contributed by atoms with E-state index in [1.807, 2.05) is 6.92 Å². The number of carbonyl (C=O) groups is 1. The van der Waals surface area contributed by atoms with Crippen molar-refractivity contribution >= 4 is 71.4 Å². The summed E-state index contributed by atoms with van der Waals surface area (Å²) in [5, 5.41) is 2.71. The second kappa shape index (κ2) is 8.21. The van der Waals surface area contributed by atoms with Crippen LogP contribution in [0.3, 0.4) is 0 Å². The highest BCUT2D eigenvalue weighted by Gasteiger charge is 2.21. The Hall–Kier alpha value is -1.92. The number of thiazole rings is 1. The molecule has 28 heavy (non-hydrogen) atoms. The maximum absolute atomic E-state index is 12.5. The summed E-state index contributed by atoms with van der Waals surface area (Å²) in [6.45, 7) is 2.13. The molecule has 0 radical (unpaired) electrons. The van der Waals surface area contributed by atoms with Crippen molar-refractivity contribution < 1.29 is 13.2 Å². The number of halogens is 1. The minimum Gasteiger partial charge on any atom is -0.324 e. The standard InChI is InChI=1S/C18H18IN3O4S2/c1-3-21-15-9-6-13(10-16(15)27-18(21)24)20-17(23)11-22(28(2,25)26)14-7-4-12(19)5-8-14/h4-10H,3,11H2,1-2H3,(H,20,23). The van der Waals surface area contributed by atoms with Crippen LogP contribution < -0.4 is 14.5 Å². The van der Waals surface area contributed by atoms with E-state index in [2.05, 4.69) is 27.9 Å². The van der Waals surface area contributed by atoms with E-state index < -0.39 is 15.9 Å². The highest BCUT2D eigenvalue weighted by molar-refractivity contribution is 14.1. The van der Waals surface area contributed by atoms with Crippen LogP contribution in [0.5, 0.6) is 0 Å². The van der Waals surface area contributed by atoms with Crippen LogP contribution in [0.1, 0.15) is 6.92 Å². The van der Waals surface area contributed by atoms with Gasteiger partial charge in [0, 0.05) is 15.8 Å². The first-order valence-corrected chi connectivity index (χ1v) is 12.1. The molecule has 0 unspecified atom stereocenters. The Morgan fingerprint density at radius 1 is 1.21 bits per heavy atom. The number of carbonyl (C=O) groups excluding carboxylic acids is 1. The van der Waals surface area contributed by atoms with Gasteiger partial charge >= 0.3 is 4.87 Å². The fraction of sp³-hybridized carbons (Fsp3) is 0.222. The van der Waals surface area contributed by atoms with Gasteiger partial charge in [-0.25, -0.2) is 8.42 Å². The van der Waals surface area contributed by atoms with Crippen molar-refractivity contribution in [3.63, 3.8) is 0 Å². The Labute approximate surface area is 180 Å². The van der Waals surface area contributed by atoms with E-state index in [0.29, 0.717) is 17.9 Å². The van der Waals surface area contributed by atoms with E-state index in [-0.39, 0.29) is 11.4 Å². The summed E-state index contributed by atoms with van der Waals surface area (Å²) in [5.41, 5.74) is 1.75. The molecule has 7 nitrogen and oxygen atoms in total. The molecule has 0 aliphatic carbocycles. The summed E-state index contributed by atoms with van der Waals surface area (Å²) in [4.78, 5) is 24.4.